The van der Waals surface area contributed by atoms with Gasteiger partial charge in [-0.25, -0.2) is 0 Å². The molecule has 1 atom stereocenters. The highest BCUT2D eigenvalue weighted by Gasteiger charge is 2.13. The molecule has 1 rings (SSSR count). The van der Waals surface area contributed by atoms with Crippen molar-refractivity contribution >= 4 is 15.9 Å². The monoisotopic (exact) mass is 240 g/mol. The van der Waals surface area contributed by atoms with Crippen molar-refractivity contribution in [2.75, 3.05) is 0 Å². The highest BCUT2D eigenvalue weighted by atomic mass is 79.9. The number of aryl methyl sites for hydroxylation is 2. The maximum absolute atomic E-state index is 3.74. The summed E-state index contributed by atoms with van der Waals surface area (Å²) in [5.41, 5.74) is 4.14. The number of hydrogen-bond donors (Lipinski definition) is 0. The van der Waals surface area contributed by atoms with E-state index in [1.165, 1.54) is 16.7 Å². The first-order valence-electron chi connectivity index (χ1n) is 4.73. The molecular formula is C12H17Br. The van der Waals surface area contributed by atoms with Crippen LogP contribution in [0.15, 0.2) is 18.2 Å². The van der Waals surface area contributed by atoms with Crippen molar-refractivity contribution in [1.82, 2.24) is 0 Å². The first-order valence-corrected chi connectivity index (χ1v) is 5.65. The summed E-state index contributed by atoms with van der Waals surface area (Å²) in [6, 6.07) is 6.63. The molecule has 0 bridgehead atoms. The van der Waals surface area contributed by atoms with Gasteiger partial charge in [-0.05, 0) is 30.9 Å². The average Bonchev–Trinajstić information content (AvgIpc) is 2.08. The van der Waals surface area contributed by atoms with E-state index < -0.39 is 0 Å². The Labute approximate surface area is 89.5 Å². The zero-order valence-corrected chi connectivity index (χ0v) is 10.4. The second-order valence-corrected chi connectivity index (χ2v) is 4.99. The van der Waals surface area contributed by atoms with Gasteiger partial charge in [0.15, 0.2) is 0 Å². The Hall–Kier alpha value is -0.300. The van der Waals surface area contributed by atoms with Crippen molar-refractivity contribution in [2.24, 2.45) is 5.92 Å². The van der Waals surface area contributed by atoms with Crippen LogP contribution in [0.5, 0.6) is 0 Å². The third-order valence-electron chi connectivity index (χ3n) is 2.32. The van der Waals surface area contributed by atoms with Crippen LogP contribution in [0.2, 0.25) is 0 Å². The van der Waals surface area contributed by atoms with E-state index >= 15 is 0 Å². The van der Waals surface area contributed by atoms with Crippen LogP contribution in [0.1, 0.15) is 35.4 Å². The Bertz CT molecular complexity index is 289. The average molecular weight is 241 g/mol. The van der Waals surface area contributed by atoms with Crippen LogP contribution in [-0.4, -0.2) is 0 Å². The van der Waals surface area contributed by atoms with E-state index in [0.29, 0.717) is 10.7 Å². The molecule has 0 aliphatic heterocycles. The molecular weight excluding hydrogens is 224 g/mol. The topological polar surface area (TPSA) is 0 Å². The summed E-state index contributed by atoms with van der Waals surface area (Å²) in [6.45, 7) is 8.79. The Morgan fingerprint density at radius 2 is 1.77 bits per heavy atom. The Morgan fingerprint density at radius 3 is 2.31 bits per heavy atom. The van der Waals surface area contributed by atoms with Crippen molar-refractivity contribution < 1.29 is 0 Å². The largest absolute Gasteiger partial charge is 0.0836 e. The van der Waals surface area contributed by atoms with Gasteiger partial charge in [-0.2, -0.15) is 0 Å². The van der Waals surface area contributed by atoms with Crippen molar-refractivity contribution in [3.8, 4) is 0 Å². The smallest absolute Gasteiger partial charge is 0.0420 e. The summed E-state index contributed by atoms with van der Waals surface area (Å²) < 4.78 is 0. The van der Waals surface area contributed by atoms with Crippen molar-refractivity contribution in [3.05, 3.63) is 34.9 Å². The fourth-order valence-electron chi connectivity index (χ4n) is 1.42. The van der Waals surface area contributed by atoms with E-state index in [2.05, 4.69) is 61.8 Å². The summed E-state index contributed by atoms with van der Waals surface area (Å²) in [4.78, 5) is 0.479. The van der Waals surface area contributed by atoms with Gasteiger partial charge >= 0.3 is 0 Å². The molecule has 0 spiro atoms. The number of hydrogen-bond acceptors (Lipinski definition) is 0. The van der Waals surface area contributed by atoms with Gasteiger partial charge in [0, 0.05) is 4.83 Å². The number of alkyl halides is 1. The summed E-state index contributed by atoms with van der Waals surface area (Å²) in [7, 11) is 0. The Kier molecular flexibility index (Phi) is 3.55. The lowest BCUT2D eigenvalue weighted by Gasteiger charge is -2.17. The standard InChI is InChI=1S/C12H17Br/c1-8(2)12(13)11-7-9(3)5-6-10(11)4/h5-8,12H,1-4H3. The zero-order valence-electron chi connectivity index (χ0n) is 8.76. The molecule has 0 heterocycles. The first kappa shape index (κ1) is 10.8. The molecule has 1 heteroatoms. The third-order valence-corrected chi connectivity index (χ3v) is 3.87. The van der Waals surface area contributed by atoms with Crippen LogP contribution in [0, 0.1) is 19.8 Å². The van der Waals surface area contributed by atoms with Gasteiger partial charge in [0.1, 0.15) is 0 Å². The molecule has 1 unspecified atom stereocenters. The van der Waals surface area contributed by atoms with Crippen molar-refractivity contribution in [3.63, 3.8) is 0 Å². The second kappa shape index (κ2) is 4.28. The minimum absolute atomic E-state index is 0.479. The molecule has 0 aliphatic carbocycles. The fraction of sp³-hybridized carbons (Fsp3) is 0.500. The molecule has 0 aromatic heterocycles. The number of halogens is 1. The lowest BCUT2D eigenvalue weighted by atomic mass is 9.97. The quantitative estimate of drug-likeness (QED) is 0.673. The van der Waals surface area contributed by atoms with E-state index in [1.54, 1.807) is 0 Å². The first-order chi connectivity index (χ1) is 6.02. The zero-order chi connectivity index (χ0) is 10.0. The molecule has 0 radical (unpaired) electrons. The van der Waals surface area contributed by atoms with E-state index in [0.717, 1.165) is 0 Å². The van der Waals surface area contributed by atoms with Gasteiger partial charge in [0.05, 0.1) is 0 Å². The van der Waals surface area contributed by atoms with Crippen molar-refractivity contribution in [1.29, 1.82) is 0 Å². The molecule has 13 heavy (non-hydrogen) atoms. The summed E-state index contributed by atoms with van der Waals surface area (Å²) in [5, 5.41) is 0. The third kappa shape index (κ3) is 2.57. The summed E-state index contributed by atoms with van der Waals surface area (Å²) in [5.74, 6) is 0.639. The molecule has 1 aromatic carbocycles. The van der Waals surface area contributed by atoms with Crippen LogP contribution >= 0.6 is 15.9 Å². The predicted molar refractivity (Wildman–Crippen MR) is 62.4 cm³/mol. The number of rotatable bonds is 2. The van der Waals surface area contributed by atoms with Crippen LogP contribution in [0.4, 0.5) is 0 Å². The Balaban J connectivity index is 3.05. The van der Waals surface area contributed by atoms with Crippen LogP contribution < -0.4 is 0 Å². The second-order valence-electron chi connectivity index (χ2n) is 4.01. The SMILES string of the molecule is Cc1ccc(C)c(C(Br)C(C)C)c1. The molecule has 0 aliphatic rings. The number of benzene rings is 1. The van der Waals surface area contributed by atoms with Crippen LogP contribution in [0.3, 0.4) is 0 Å². The highest BCUT2D eigenvalue weighted by molar-refractivity contribution is 9.09. The van der Waals surface area contributed by atoms with E-state index in [-0.39, 0.29) is 0 Å². The molecule has 0 amide bonds. The van der Waals surface area contributed by atoms with Gasteiger partial charge < -0.3 is 0 Å². The summed E-state index contributed by atoms with van der Waals surface area (Å²) >= 11 is 3.74. The Morgan fingerprint density at radius 1 is 1.15 bits per heavy atom. The van der Waals surface area contributed by atoms with Gasteiger partial charge in [0.2, 0.25) is 0 Å². The maximum atomic E-state index is 3.74. The minimum atomic E-state index is 0.479. The fourth-order valence-corrected chi connectivity index (χ4v) is 1.91. The molecule has 0 saturated carbocycles. The highest BCUT2D eigenvalue weighted by Crippen LogP contribution is 2.32. The van der Waals surface area contributed by atoms with E-state index in [9.17, 15) is 0 Å². The van der Waals surface area contributed by atoms with Gasteiger partial charge in [0.25, 0.3) is 0 Å². The van der Waals surface area contributed by atoms with Gasteiger partial charge in [-0.3, -0.25) is 0 Å². The van der Waals surface area contributed by atoms with Crippen LogP contribution in [-0.2, 0) is 0 Å². The maximum Gasteiger partial charge on any atom is 0.0420 e. The van der Waals surface area contributed by atoms with Gasteiger partial charge in [-0.1, -0.05) is 53.5 Å². The molecule has 72 valence electrons. The lowest BCUT2D eigenvalue weighted by Crippen LogP contribution is -2.01. The van der Waals surface area contributed by atoms with E-state index in [1.807, 2.05) is 0 Å². The molecule has 1 aromatic rings. The van der Waals surface area contributed by atoms with Crippen molar-refractivity contribution in [2.45, 2.75) is 32.5 Å². The molecule has 0 fully saturated rings. The molecule has 0 nitrogen and oxygen atoms in total. The lowest BCUT2D eigenvalue weighted by molar-refractivity contribution is 0.638. The minimum Gasteiger partial charge on any atom is -0.0836 e. The normalized spacial score (nSPS) is 13.4. The van der Waals surface area contributed by atoms with E-state index in [4.69, 9.17) is 0 Å². The summed E-state index contributed by atoms with van der Waals surface area (Å²) in [6.07, 6.45) is 0. The van der Waals surface area contributed by atoms with Crippen LogP contribution in [0.25, 0.3) is 0 Å². The van der Waals surface area contributed by atoms with Gasteiger partial charge in [-0.15, -0.1) is 0 Å². The molecule has 0 saturated heterocycles. The predicted octanol–water partition coefficient (Wildman–Crippen LogP) is 4.40. The molecule has 0 N–H and O–H groups in total.